The lowest BCUT2D eigenvalue weighted by atomic mass is 9.83. The molecule has 3 aromatic carbocycles. The highest BCUT2D eigenvalue weighted by Crippen LogP contribution is 2.36. The van der Waals surface area contributed by atoms with Crippen molar-refractivity contribution >= 4 is 11.6 Å². The van der Waals surface area contributed by atoms with Crippen LogP contribution in [0.2, 0.25) is 0 Å². The molecule has 0 aromatic heterocycles. The average Bonchev–Trinajstić information content (AvgIpc) is 2.86. The molecule has 164 valence electrons. The highest BCUT2D eigenvalue weighted by molar-refractivity contribution is 5.82. The van der Waals surface area contributed by atoms with Gasteiger partial charge >= 0.3 is 0 Å². The highest BCUT2D eigenvalue weighted by atomic mass is 16.1. The number of hydrogen-bond donors (Lipinski definition) is 1. The Labute approximate surface area is 190 Å². The first kappa shape index (κ1) is 20.8. The van der Waals surface area contributed by atoms with Gasteiger partial charge in [0.25, 0.3) is 0 Å². The summed E-state index contributed by atoms with van der Waals surface area (Å²) in [6.45, 7) is 4.57. The molecule has 5 rings (SSSR count). The van der Waals surface area contributed by atoms with E-state index in [9.17, 15) is 4.79 Å². The lowest BCUT2D eigenvalue weighted by molar-refractivity contribution is -0.126. The summed E-state index contributed by atoms with van der Waals surface area (Å²) in [5.41, 5.74) is 5.12. The Hall–Kier alpha value is -3.11. The van der Waals surface area contributed by atoms with E-state index in [1.54, 1.807) is 0 Å². The molecule has 4 nitrogen and oxygen atoms in total. The third kappa shape index (κ3) is 4.56. The maximum absolute atomic E-state index is 13.4. The van der Waals surface area contributed by atoms with Crippen LogP contribution in [-0.4, -0.2) is 43.0 Å². The summed E-state index contributed by atoms with van der Waals surface area (Å²) >= 11 is 0. The number of hydrogen-bond acceptors (Lipinski definition) is 3. The van der Waals surface area contributed by atoms with Crippen molar-refractivity contribution in [2.45, 2.75) is 25.4 Å². The van der Waals surface area contributed by atoms with Crippen LogP contribution in [0, 0.1) is 5.92 Å². The molecule has 1 N–H and O–H groups in total. The Morgan fingerprint density at radius 1 is 0.844 bits per heavy atom. The number of carbonyl (C=O) groups is 1. The molecule has 4 heteroatoms. The van der Waals surface area contributed by atoms with Gasteiger partial charge in [-0.15, -0.1) is 0 Å². The normalized spacial score (nSPS) is 20.3. The van der Waals surface area contributed by atoms with E-state index in [0.29, 0.717) is 6.54 Å². The fourth-order valence-corrected chi connectivity index (χ4v) is 5.17. The molecule has 0 unspecified atom stereocenters. The Balaban J connectivity index is 1.31. The van der Waals surface area contributed by atoms with Crippen molar-refractivity contribution in [1.29, 1.82) is 0 Å². The average molecular weight is 426 g/mol. The molecule has 2 aliphatic rings. The van der Waals surface area contributed by atoms with E-state index in [0.717, 1.165) is 44.6 Å². The SMILES string of the molecule is O=C(NCc1ccccc1)[C@@H]1Cc2ccccc2N2CCN(CCc3ccccc3)C[C@@H]12. The van der Waals surface area contributed by atoms with Gasteiger partial charge in [0, 0.05) is 38.4 Å². The largest absolute Gasteiger partial charge is 0.365 e. The van der Waals surface area contributed by atoms with Gasteiger partial charge in [-0.25, -0.2) is 0 Å². The predicted molar refractivity (Wildman–Crippen MR) is 130 cm³/mol. The van der Waals surface area contributed by atoms with Crippen LogP contribution in [0.15, 0.2) is 84.9 Å². The first-order valence-electron chi connectivity index (χ1n) is 11.7. The third-order valence-corrected chi connectivity index (χ3v) is 6.91. The van der Waals surface area contributed by atoms with Crippen LogP contribution in [0.3, 0.4) is 0 Å². The molecule has 2 heterocycles. The van der Waals surface area contributed by atoms with Gasteiger partial charge in [-0.05, 0) is 35.6 Å². The Kier molecular flexibility index (Phi) is 6.22. The highest BCUT2D eigenvalue weighted by Gasteiger charge is 2.41. The minimum atomic E-state index is -0.0341. The molecule has 0 spiro atoms. The number of amides is 1. The molecular weight excluding hydrogens is 394 g/mol. The minimum Gasteiger partial charge on any atom is -0.365 e. The molecule has 1 saturated heterocycles. The fraction of sp³-hybridized carbons (Fsp3) is 0.321. The number of nitrogens with one attached hydrogen (secondary N) is 1. The zero-order valence-electron chi connectivity index (χ0n) is 18.5. The van der Waals surface area contributed by atoms with E-state index in [-0.39, 0.29) is 17.9 Å². The smallest absolute Gasteiger partial charge is 0.225 e. The number of carbonyl (C=O) groups excluding carboxylic acids is 1. The number of para-hydroxylation sites is 1. The van der Waals surface area contributed by atoms with Crippen LogP contribution >= 0.6 is 0 Å². The topological polar surface area (TPSA) is 35.6 Å². The van der Waals surface area contributed by atoms with E-state index in [1.807, 2.05) is 18.2 Å². The maximum atomic E-state index is 13.4. The van der Waals surface area contributed by atoms with Gasteiger partial charge < -0.3 is 10.2 Å². The zero-order chi connectivity index (χ0) is 21.8. The summed E-state index contributed by atoms with van der Waals surface area (Å²) < 4.78 is 0. The number of anilines is 1. The summed E-state index contributed by atoms with van der Waals surface area (Å²) in [5, 5.41) is 3.22. The van der Waals surface area contributed by atoms with Crippen molar-refractivity contribution in [3.05, 3.63) is 102 Å². The van der Waals surface area contributed by atoms with Crippen molar-refractivity contribution in [1.82, 2.24) is 10.2 Å². The van der Waals surface area contributed by atoms with Crippen LogP contribution in [0.1, 0.15) is 16.7 Å². The molecule has 2 aliphatic heterocycles. The lowest BCUT2D eigenvalue weighted by Crippen LogP contribution is -2.61. The molecule has 1 amide bonds. The predicted octanol–water partition coefficient (Wildman–Crippen LogP) is 3.91. The lowest BCUT2D eigenvalue weighted by Gasteiger charge is -2.49. The fourth-order valence-electron chi connectivity index (χ4n) is 5.17. The quantitative estimate of drug-likeness (QED) is 0.651. The van der Waals surface area contributed by atoms with E-state index in [2.05, 4.69) is 81.8 Å². The Bertz CT molecular complexity index is 1040. The summed E-state index contributed by atoms with van der Waals surface area (Å²) in [4.78, 5) is 18.4. The Morgan fingerprint density at radius 2 is 1.53 bits per heavy atom. The van der Waals surface area contributed by atoms with Crippen molar-refractivity contribution in [3.8, 4) is 0 Å². The van der Waals surface area contributed by atoms with Crippen LogP contribution < -0.4 is 10.2 Å². The van der Waals surface area contributed by atoms with E-state index in [4.69, 9.17) is 0 Å². The van der Waals surface area contributed by atoms with Gasteiger partial charge in [0.1, 0.15) is 0 Å². The van der Waals surface area contributed by atoms with Crippen LogP contribution in [-0.2, 0) is 24.2 Å². The molecule has 0 saturated carbocycles. The van der Waals surface area contributed by atoms with Crippen molar-refractivity contribution in [3.63, 3.8) is 0 Å². The van der Waals surface area contributed by atoms with Crippen LogP contribution in [0.25, 0.3) is 0 Å². The molecule has 32 heavy (non-hydrogen) atoms. The third-order valence-electron chi connectivity index (χ3n) is 6.91. The summed E-state index contributed by atoms with van der Waals surface area (Å²) in [7, 11) is 0. The molecule has 0 radical (unpaired) electrons. The van der Waals surface area contributed by atoms with E-state index >= 15 is 0 Å². The second-order valence-corrected chi connectivity index (χ2v) is 8.94. The van der Waals surface area contributed by atoms with Gasteiger partial charge in [-0.2, -0.15) is 0 Å². The van der Waals surface area contributed by atoms with Crippen molar-refractivity contribution < 1.29 is 4.79 Å². The molecule has 1 fully saturated rings. The van der Waals surface area contributed by atoms with Crippen LogP contribution in [0.5, 0.6) is 0 Å². The van der Waals surface area contributed by atoms with Crippen molar-refractivity contribution in [2.24, 2.45) is 5.92 Å². The van der Waals surface area contributed by atoms with Gasteiger partial charge in [-0.3, -0.25) is 9.69 Å². The van der Waals surface area contributed by atoms with E-state index in [1.165, 1.54) is 16.8 Å². The molecule has 2 atom stereocenters. The second-order valence-electron chi connectivity index (χ2n) is 8.94. The number of fused-ring (bicyclic) bond motifs is 3. The standard InChI is InChI=1S/C28H31N3O/c32-28(29-20-23-11-5-2-6-12-23)25-19-24-13-7-8-14-26(24)31-18-17-30(21-27(25)31)16-15-22-9-3-1-4-10-22/h1-14,25,27H,15-21H2,(H,29,32)/t25-,27+/m1/s1. The molecule has 0 bridgehead atoms. The van der Waals surface area contributed by atoms with Gasteiger partial charge in [0.05, 0.1) is 12.0 Å². The number of piperazine rings is 1. The zero-order valence-corrected chi connectivity index (χ0v) is 18.5. The minimum absolute atomic E-state index is 0.0341. The van der Waals surface area contributed by atoms with Gasteiger partial charge in [0.15, 0.2) is 0 Å². The Morgan fingerprint density at radius 3 is 2.31 bits per heavy atom. The number of rotatable bonds is 6. The van der Waals surface area contributed by atoms with Gasteiger partial charge in [0.2, 0.25) is 5.91 Å². The first-order valence-corrected chi connectivity index (χ1v) is 11.7. The summed E-state index contributed by atoms with van der Waals surface area (Å²) in [6.07, 6.45) is 1.86. The maximum Gasteiger partial charge on any atom is 0.225 e. The number of benzene rings is 3. The molecule has 0 aliphatic carbocycles. The summed E-state index contributed by atoms with van der Waals surface area (Å²) in [6, 6.07) is 29.7. The number of nitrogens with zero attached hydrogens (tertiary/aromatic N) is 2. The first-order chi connectivity index (χ1) is 15.8. The summed E-state index contributed by atoms with van der Waals surface area (Å²) in [5.74, 6) is 0.136. The molecular formula is C28H31N3O. The van der Waals surface area contributed by atoms with E-state index < -0.39 is 0 Å². The molecule has 3 aromatic rings. The monoisotopic (exact) mass is 425 g/mol. The van der Waals surface area contributed by atoms with Crippen LogP contribution in [0.4, 0.5) is 5.69 Å². The van der Waals surface area contributed by atoms with Gasteiger partial charge in [-0.1, -0.05) is 78.9 Å². The second kappa shape index (κ2) is 9.58. The van der Waals surface area contributed by atoms with Crippen molar-refractivity contribution in [2.75, 3.05) is 31.1 Å².